The molecule has 156 valence electrons. The fourth-order valence-electron chi connectivity index (χ4n) is 2.69. The third kappa shape index (κ3) is 5.17. The lowest BCUT2D eigenvalue weighted by Crippen LogP contribution is -2.38. The van der Waals surface area contributed by atoms with Gasteiger partial charge in [-0.15, -0.1) is 0 Å². The SMILES string of the molecule is COc1ccc(S(=O)(=O)N(CC(=O)Nc2cccc(Br)c2)c2ccc(F)cc2)cc1. The van der Waals surface area contributed by atoms with Crippen molar-refractivity contribution in [1.29, 1.82) is 0 Å². The Bertz CT molecular complexity index is 1140. The van der Waals surface area contributed by atoms with Gasteiger partial charge in [-0.2, -0.15) is 0 Å². The number of nitrogens with one attached hydrogen (secondary N) is 1. The van der Waals surface area contributed by atoms with Crippen LogP contribution >= 0.6 is 15.9 Å². The summed E-state index contributed by atoms with van der Waals surface area (Å²) in [5, 5.41) is 2.67. The van der Waals surface area contributed by atoms with Crippen molar-refractivity contribution in [3.8, 4) is 5.75 Å². The summed E-state index contributed by atoms with van der Waals surface area (Å²) in [5.74, 6) is -0.566. The van der Waals surface area contributed by atoms with Gasteiger partial charge in [-0.05, 0) is 66.7 Å². The van der Waals surface area contributed by atoms with E-state index >= 15 is 0 Å². The van der Waals surface area contributed by atoms with Gasteiger partial charge in [0.25, 0.3) is 10.0 Å². The summed E-state index contributed by atoms with van der Waals surface area (Å²) in [4.78, 5) is 12.6. The van der Waals surface area contributed by atoms with Gasteiger partial charge in [0.2, 0.25) is 5.91 Å². The molecule has 0 heterocycles. The van der Waals surface area contributed by atoms with Gasteiger partial charge in [0.1, 0.15) is 18.1 Å². The summed E-state index contributed by atoms with van der Waals surface area (Å²) in [6, 6.07) is 17.6. The third-order valence-electron chi connectivity index (χ3n) is 4.16. The number of nitrogens with zero attached hydrogens (tertiary/aromatic N) is 1. The van der Waals surface area contributed by atoms with Gasteiger partial charge < -0.3 is 10.1 Å². The summed E-state index contributed by atoms with van der Waals surface area (Å²) in [6.45, 7) is -0.494. The molecule has 0 saturated carbocycles. The third-order valence-corrected chi connectivity index (χ3v) is 6.44. The highest BCUT2D eigenvalue weighted by molar-refractivity contribution is 9.10. The maximum absolute atomic E-state index is 13.4. The van der Waals surface area contributed by atoms with Gasteiger partial charge in [-0.3, -0.25) is 9.10 Å². The lowest BCUT2D eigenvalue weighted by Gasteiger charge is -2.24. The number of methoxy groups -OCH3 is 1. The molecule has 0 aliphatic rings. The van der Waals surface area contributed by atoms with Crippen LogP contribution in [-0.2, 0) is 14.8 Å². The van der Waals surface area contributed by atoms with Crippen LogP contribution in [0.25, 0.3) is 0 Å². The molecule has 0 saturated heterocycles. The standard InChI is InChI=1S/C21H18BrFN2O4S/c1-29-19-9-11-20(12-10-19)30(27,28)25(18-7-5-16(23)6-8-18)14-21(26)24-17-4-2-3-15(22)13-17/h2-13H,14H2,1H3,(H,24,26). The van der Waals surface area contributed by atoms with E-state index in [2.05, 4.69) is 21.2 Å². The molecule has 1 N–H and O–H groups in total. The molecule has 0 aliphatic heterocycles. The quantitative estimate of drug-likeness (QED) is 0.529. The van der Waals surface area contributed by atoms with E-state index in [0.717, 1.165) is 20.9 Å². The molecule has 6 nitrogen and oxygen atoms in total. The topological polar surface area (TPSA) is 75.7 Å². The highest BCUT2D eigenvalue weighted by atomic mass is 79.9. The molecule has 3 aromatic carbocycles. The first-order valence-corrected chi connectivity index (χ1v) is 11.0. The molecular weight excluding hydrogens is 475 g/mol. The molecule has 30 heavy (non-hydrogen) atoms. The molecule has 0 bridgehead atoms. The minimum atomic E-state index is -4.10. The van der Waals surface area contributed by atoms with Gasteiger partial charge in [-0.25, -0.2) is 12.8 Å². The van der Waals surface area contributed by atoms with Crippen molar-refractivity contribution < 1.29 is 22.3 Å². The molecule has 3 rings (SSSR count). The Labute approximate surface area is 182 Å². The summed E-state index contributed by atoms with van der Waals surface area (Å²) < 4.78 is 46.7. The Morgan fingerprint density at radius 2 is 1.73 bits per heavy atom. The summed E-state index contributed by atoms with van der Waals surface area (Å²) >= 11 is 3.32. The highest BCUT2D eigenvalue weighted by Crippen LogP contribution is 2.25. The van der Waals surface area contributed by atoms with E-state index < -0.39 is 28.3 Å². The molecule has 1 amide bonds. The number of rotatable bonds is 7. The van der Waals surface area contributed by atoms with Crippen LogP contribution in [0, 0.1) is 5.82 Å². The number of carbonyl (C=O) groups is 1. The predicted octanol–water partition coefficient (Wildman–Crippen LogP) is 4.43. The monoisotopic (exact) mass is 492 g/mol. The Balaban J connectivity index is 1.93. The normalized spacial score (nSPS) is 11.0. The number of carbonyl (C=O) groups excluding carboxylic acids is 1. The molecule has 0 fully saturated rings. The first-order valence-electron chi connectivity index (χ1n) is 8.77. The summed E-state index contributed by atoms with van der Waals surface area (Å²) in [7, 11) is -2.63. The van der Waals surface area contributed by atoms with Crippen molar-refractivity contribution in [2.75, 3.05) is 23.3 Å². The van der Waals surface area contributed by atoms with E-state index in [-0.39, 0.29) is 10.6 Å². The fourth-order valence-corrected chi connectivity index (χ4v) is 4.51. The van der Waals surface area contributed by atoms with Crippen LogP contribution in [0.3, 0.4) is 0 Å². The maximum Gasteiger partial charge on any atom is 0.264 e. The van der Waals surface area contributed by atoms with Crippen LogP contribution in [0.5, 0.6) is 5.75 Å². The van der Waals surface area contributed by atoms with Gasteiger partial charge in [0.05, 0.1) is 17.7 Å². The molecule has 0 spiro atoms. The number of hydrogen-bond donors (Lipinski definition) is 1. The van der Waals surface area contributed by atoms with Crippen LogP contribution in [0.15, 0.2) is 82.2 Å². The Morgan fingerprint density at radius 1 is 1.07 bits per heavy atom. The van der Waals surface area contributed by atoms with Crippen LogP contribution in [0.2, 0.25) is 0 Å². The first-order chi connectivity index (χ1) is 14.3. The van der Waals surface area contributed by atoms with Gasteiger partial charge in [0, 0.05) is 10.2 Å². The van der Waals surface area contributed by atoms with Gasteiger partial charge >= 0.3 is 0 Å². The van der Waals surface area contributed by atoms with E-state index in [1.165, 1.54) is 43.5 Å². The van der Waals surface area contributed by atoms with Crippen LogP contribution < -0.4 is 14.4 Å². The average molecular weight is 493 g/mol. The minimum absolute atomic E-state index is 0.0251. The predicted molar refractivity (Wildman–Crippen MR) is 117 cm³/mol. The smallest absolute Gasteiger partial charge is 0.264 e. The van der Waals surface area contributed by atoms with E-state index in [1.54, 1.807) is 24.3 Å². The highest BCUT2D eigenvalue weighted by Gasteiger charge is 2.27. The number of sulfonamides is 1. The minimum Gasteiger partial charge on any atom is -0.497 e. The number of halogens is 2. The van der Waals surface area contributed by atoms with Crippen LogP contribution in [-0.4, -0.2) is 28.0 Å². The number of anilines is 2. The van der Waals surface area contributed by atoms with Crippen molar-refractivity contribution in [1.82, 2.24) is 0 Å². The van der Waals surface area contributed by atoms with Crippen molar-refractivity contribution in [3.63, 3.8) is 0 Å². The number of benzene rings is 3. The Kier molecular flexibility index (Phi) is 6.73. The lowest BCUT2D eigenvalue weighted by molar-refractivity contribution is -0.114. The van der Waals surface area contributed by atoms with Crippen LogP contribution in [0.1, 0.15) is 0 Å². The number of hydrogen-bond acceptors (Lipinski definition) is 4. The van der Waals surface area contributed by atoms with Crippen molar-refractivity contribution >= 4 is 43.2 Å². The van der Waals surface area contributed by atoms with Crippen molar-refractivity contribution in [2.24, 2.45) is 0 Å². The lowest BCUT2D eigenvalue weighted by atomic mass is 10.3. The summed E-state index contributed by atoms with van der Waals surface area (Å²) in [6.07, 6.45) is 0. The number of ether oxygens (including phenoxy) is 1. The second-order valence-corrected chi connectivity index (χ2v) is 9.00. The van der Waals surface area contributed by atoms with Gasteiger partial charge in [0.15, 0.2) is 0 Å². The maximum atomic E-state index is 13.4. The van der Waals surface area contributed by atoms with Crippen LogP contribution in [0.4, 0.5) is 15.8 Å². The molecule has 0 atom stereocenters. The largest absolute Gasteiger partial charge is 0.497 e. The molecular formula is C21H18BrFN2O4S. The molecule has 0 radical (unpaired) electrons. The second-order valence-electron chi connectivity index (χ2n) is 6.22. The zero-order valence-corrected chi connectivity index (χ0v) is 18.3. The van der Waals surface area contributed by atoms with E-state index in [4.69, 9.17) is 4.74 Å². The molecule has 3 aromatic rings. The molecule has 0 aliphatic carbocycles. The van der Waals surface area contributed by atoms with E-state index in [0.29, 0.717) is 11.4 Å². The second kappa shape index (κ2) is 9.27. The molecule has 9 heteroatoms. The average Bonchev–Trinajstić information content (AvgIpc) is 2.73. The van der Waals surface area contributed by atoms with E-state index in [9.17, 15) is 17.6 Å². The number of amides is 1. The fraction of sp³-hybridized carbons (Fsp3) is 0.0952. The summed E-state index contributed by atoms with van der Waals surface area (Å²) in [5.41, 5.74) is 0.673. The Hall–Kier alpha value is -2.91. The van der Waals surface area contributed by atoms with Crippen molar-refractivity contribution in [3.05, 3.63) is 83.1 Å². The Morgan fingerprint density at radius 3 is 2.33 bits per heavy atom. The molecule has 0 unspecified atom stereocenters. The zero-order valence-electron chi connectivity index (χ0n) is 15.9. The molecule has 0 aromatic heterocycles. The first kappa shape index (κ1) is 21.8. The van der Waals surface area contributed by atoms with Gasteiger partial charge in [-0.1, -0.05) is 22.0 Å². The van der Waals surface area contributed by atoms with Crippen molar-refractivity contribution in [2.45, 2.75) is 4.90 Å². The zero-order chi connectivity index (χ0) is 21.7. The van der Waals surface area contributed by atoms with E-state index in [1.807, 2.05) is 0 Å².